The summed E-state index contributed by atoms with van der Waals surface area (Å²) in [5.41, 5.74) is 5.27. The molecule has 2 heterocycles. The number of fused-ring (bicyclic) bond motifs is 3. The van der Waals surface area contributed by atoms with Crippen LogP contribution in [0.25, 0.3) is 10.9 Å². The summed E-state index contributed by atoms with van der Waals surface area (Å²) in [7, 11) is 1.63. The van der Waals surface area contributed by atoms with Crippen molar-refractivity contribution in [3.05, 3.63) is 58.8 Å². The van der Waals surface area contributed by atoms with Crippen molar-refractivity contribution < 1.29 is 19.0 Å². The van der Waals surface area contributed by atoms with Crippen LogP contribution < -0.4 is 14.8 Å². The molecule has 32 heavy (non-hydrogen) atoms. The van der Waals surface area contributed by atoms with E-state index in [4.69, 9.17) is 14.2 Å². The van der Waals surface area contributed by atoms with Crippen LogP contribution in [-0.2, 0) is 24.1 Å². The van der Waals surface area contributed by atoms with Crippen LogP contribution in [0.4, 0.5) is 0 Å². The maximum atomic E-state index is 13.0. The summed E-state index contributed by atoms with van der Waals surface area (Å²) in [5, 5.41) is 4.24. The minimum absolute atomic E-state index is 0.0770. The van der Waals surface area contributed by atoms with Gasteiger partial charge in [0.15, 0.2) is 11.5 Å². The third-order valence-corrected chi connectivity index (χ3v) is 6.51. The number of rotatable bonds is 7. The minimum Gasteiger partial charge on any atom is -0.493 e. The highest BCUT2D eigenvalue weighted by Gasteiger charge is 2.20. The highest BCUT2D eigenvalue weighted by Crippen LogP contribution is 2.31. The Balaban J connectivity index is 1.27. The summed E-state index contributed by atoms with van der Waals surface area (Å²) >= 11 is 0. The number of para-hydroxylation sites is 1. The van der Waals surface area contributed by atoms with E-state index in [9.17, 15) is 4.79 Å². The first kappa shape index (κ1) is 20.9. The molecule has 3 aromatic rings. The molecule has 1 saturated heterocycles. The molecule has 1 amide bonds. The lowest BCUT2D eigenvalue weighted by Gasteiger charge is -2.15. The molecule has 1 aliphatic heterocycles. The van der Waals surface area contributed by atoms with Gasteiger partial charge in [0.05, 0.1) is 24.3 Å². The Labute approximate surface area is 188 Å². The second-order valence-corrected chi connectivity index (χ2v) is 8.63. The second-order valence-electron chi connectivity index (χ2n) is 8.63. The number of carbonyl (C=O) groups excluding carboxylic acids is 1. The normalized spacial score (nSPS) is 17.8. The largest absolute Gasteiger partial charge is 0.493 e. The maximum Gasteiger partial charge on any atom is 0.253 e. The topological polar surface area (TPSA) is 72.6 Å². The fraction of sp³-hybridized carbons (Fsp3) is 0.423. The fourth-order valence-corrected chi connectivity index (χ4v) is 4.80. The molecule has 0 radical (unpaired) electrons. The average molecular weight is 435 g/mol. The number of H-pyrrole nitrogens is 1. The van der Waals surface area contributed by atoms with Gasteiger partial charge in [-0.3, -0.25) is 4.79 Å². The fourth-order valence-electron chi connectivity index (χ4n) is 4.80. The number of hydrogen-bond donors (Lipinski definition) is 2. The van der Waals surface area contributed by atoms with E-state index in [1.165, 1.54) is 29.5 Å². The van der Waals surface area contributed by atoms with Gasteiger partial charge in [-0.05, 0) is 67.9 Å². The zero-order valence-electron chi connectivity index (χ0n) is 18.5. The van der Waals surface area contributed by atoms with Crippen LogP contribution in [0.2, 0.25) is 0 Å². The number of aryl methyl sites for hydroxylation is 2. The number of amides is 1. The van der Waals surface area contributed by atoms with Gasteiger partial charge in [0.25, 0.3) is 5.91 Å². The first-order chi connectivity index (χ1) is 15.7. The molecule has 1 fully saturated rings. The van der Waals surface area contributed by atoms with Crippen molar-refractivity contribution in [2.24, 2.45) is 0 Å². The van der Waals surface area contributed by atoms with E-state index >= 15 is 0 Å². The molecule has 2 N–H and O–H groups in total. The zero-order valence-corrected chi connectivity index (χ0v) is 18.5. The molecule has 6 nitrogen and oxygen atoms in total. The van der Waals surface area contributed by atoms with Gasteiger partial charge in [-0.1, -0.05) is 18.2 Å². The van der Waals surface area contributed by atoms with Crippen molar-refractivity contribution in [2.45, 2.75) is 51.2 Å². The molecule has 0 saturated carbocycles. The Morgan fingerprint density at radius 3 is 2.91 bits per heavy atom. The van der Waals surface area contributed by atoms with Gasteiger partial charge >= 0.3 is 0 Å². The third kappa shape index (κ3) is 4.19. The quantitative estimate of drug-likeness (QED) is 0.573. The van der Waals surface area contributed by atoms with Gasteiger partial charge in [0.1, 0.15) is 6.61 Å². The molecule has 1 unspecified atom stereocenters. The van der Waals surface area contributed by atoms with Gasteiger partial charge in [-0.25, -0.2) is 0 Å². The molecule has 6 heteroatoms. The first-order valence-corrected chi connectivity index (χ1v) is 11.5. The van der Waals surface area contributed by atoms with Crippen molar-refractivity contribution in [1.29, 1.82) is 0 Å². The number of methoxy groups -OCH3 is 1. The van der Waals surface area contributed by atoms with Crippen molar-refractivity contribution in [1.82, 2.24) is 10.3 Å². The minimum atomic E-state index is -0.0770. The zero-order chi connectivity index (χ0) is 21.9. The van der Waals surface area contributed by atoms with E-state index in [1.807, 2.05) is 30.3 Å². The van der Waals surface area contributed by atoms with Crippen LogP contribution in [0.1, 0.15) is 52.9 Å². The van der Waals surface area contributed by atoms with E-state index < -0.39 is 0 Å². The van der Waals surface area contributed by atoms with E-state index in [2.05, 4.69) is 16.4 Å². The van der Waals surface area contributed by atoms with Crippen molar-refractivity contribution in [3.8, 4) is 11.5 Å². The van der Waals surface area contributed by atoms with Crippen molar-refractivity contribution in [3.63, 3.8) is 0 Å². The molecule has 2 aliphatic rings. The SMILES string of the molecule is COc1cc(CNC(=O)c2cccc3c4c([nH]c23)CCCC4)ccc1OCC1CCCO1. The molecule has 168 valence electrons. The van der Waals surface area contributed by atoms with Crippen molar-refractivity contribution in [2.75, 3.05) is 20.3 Å². The van der Waals surface area contributed by atoms with Crippen LogP contribution >= 0.6 is 0 Å². The summed E-state index contributed by atoms with van der Waals surface area (Å²) in [5.74, 6) is 1.28. The highest BCUT2D eigenvalue weighted by atomic mass is 16.5. The summed E-state index contributed by atoms with van der Waals surface area (Å²) in [6.07, 6.45) is 6.83. The Morgan fingerprint density at radius 1 is 1.16 bits per heavy atom. The molecule has 0 bridgehead atoms. The summed E-state index contributed by atoms with van der Waals surface area (Å²) in [6, 6.07) is 11.8. The second kappa shape index (κ2) is 9.25. The lowest BCUT2D eigenvalue weighted by atomic mass is 9.95. The highest BCUT2D eigenvalue weighted by molar-refractivity contribution is 6.06. The van der Waals surface area contributed by atoms with E-state index in [0.717, 1.165) is 43.4 Å². The van der Waals surface area contributed by atoms with Crippen LogP contribution in [0, 0.1) is 0 Å². The van der Waals surface area contributed by atoms with E-state index in [1.54, 1.807) is 7.11 Å². The number of aromatic amines is 1. The van der Waals surface area contributed by atoms with Crippen LogP contribution in [0.5, 0.6) is 11.5 Å². The van der Waals surface area contributed by atoms with Crippen LogP contribution in [0.3, 0.4) is 0 Å². The molecular formula is C26H30N2O4. The molecule has 1 atom stereocenters. The molecule has 5 rings (SSSR count). The Bertz CT molecular complexity index is 1110. The molecule has 2 aromatic carbocycles. The monoisotopic (exact) mass is 434 g/mol. The van der Waals surface area contributed by atoms with Gasteiger partial charge in [-0.15, -0.1) is 0 Å². The third-order valence-electron chi connectivity index (χ3n) is 6.51. The number of aromatic nitrogens is 1. The lowest BCUT2D eigenvalue weighted by molar-refractivity contribution is 0.0669. The Hall–Kier alpha value is -2.99. The van der Waals surface area contributed by atoms with Gasteiger partial charge in [-0.2, -0.15) is 0 Å². The van der Waals surface area contributed by atoms with Crippen LogP contribution in [0.15, 0.2) is 36.4 Å². The summed E-state index contributed by atoms with van der Waals surface area (Å²) in [6.45, 7) is 1.75. The molecule has 1 aromatic heterocycles. The maximum absolute atomic E-state index is 13.0. The first-order valence-electron chi connectivity index (χ1n) is 11.5. The van der Waals surface area contributed by atoms with Gasteiger partial charge in [0, 0.05) is 24.2 Å². The Kier molecular flexibility index (Phi) is 6.04. The predicted octanol–water partition coefficient (Wildman–Crippen LogP) is 4.54. The summed E-state index contributed by atoms with van der Waals surface area (Å²) in [4.78, 5) is 16.5. The smallest absolute Gasteiger partial charge is 0.253 e. The number of hydrogen-bond acceptors (Lipinski definition) is 4. The van der Waals surface area contributed by atoms with Gasteiger partial charge < -0.3 is 24.5 Å². The van der Waals surface area contributed by atoms with Gasteiger partial charge in [0.2, 0.25) is 0 Å². The number of benzene rings is 2. The number of ether oxygens (including phenoxy) is 3. The molecule has 1 aliphatic carbocycles. The molecule has 0 spiro atoms. The lowest BCUT2D eigenvalue weighted by Crippen LogP contribution is -2.23. The summed E-state index contributed by atoms with van der Waals surface area (Å²) < 4.78 is 17.0. The van der Waals surface area contributed by atoms with Crippen molar-refractivity contribution >= 4 is 16.8 Å². The number of carbonyl (C=O) groups is 1. The predicted molar refractivity (Wildman–Crippen MR) is 124 cm³/mol. The average Bonchev–Trinajstić information content (AvgIpc) is 3.49. The molecular weight excluding hydrogens is 404 g/mol. The standard InChI is InChI=1S/C26H30N2O4/c1-30-24-14-17(11-12-23(24)32-16-18-6-5-13-31-18)15-27-26(29)21-9-4-8-20-19-7-2-3-10-22(19)28-25(20)21/h4,8-9,11-12,14,18,28H,2-3,5-7,10,13,15-16H2,1H3,(H,27,29). The van der Waals surface area contributed by atoms with Crippen LogP contribution in [-0.4, -0.2) is 37.3 Å². The number of nitrogens with one attached hydrogen (secondary N) is 2. The van der Waals surface area contributed by atoms with E-state index in [-0.39, 0.29) is 12.0 Å². The van der Waals surface area contributed by atoms with E-state index in [0.29, 0.717) is 30.2 Å². The Morgan fingerprint density at radius 2 is 2.06 bits per heavy atom.